The second-order valence-electron chi connectivity index (χ2n) is 3.48. The Morgan fingerprint density at radius 3 is 2.59 bits per heavy atom. The number of nitro groups is 1. The molecule has 0 aliphatic rings. The number of benzene rings is 1. The molecule has 6 nitrogen and oxygen atoms in total. The number of carbonyl (C=O) groups excluding carboxylic acids is 1. The summed E-state index contributed by atoms with van der Waals surface area (Å²) in [7, 11) is 0. The minimum atomic E-state index is -0.654. The van der Waals surface area contributed by atoms with E-state index in [0.717, 1.165) is 0 Å². The lowest BCUT2D eigenvalue weighted by atomic mass is 10.1. The van der Waals surface area contributed by atoms with Crippen LogP contribution < -0.4 is 11.1 Å². The first-order valence-corrected chi connectivity index (χ1v) is 4.74. The minimum absolute atomic E-state index is 0. The molecule has 1 aromatic rings. The summed E-state index contributed by atoms with van der Waals surface area (Å²) in [4.78, 5) is 21.5. The molecule has 0 aromatic heterocycles. The van der Waals surface area contributed by atoms with E-state index >= 15 is 0 Å². The van der Waals surface area contributed by atoms with Crippen LogP contribution in [0.3, 0.4) is 0 Å². The fourth-order valence-electron chi connectivity index (χ4n) is 1.20. The molecule has 0 saturated heterocycles. The number of amides is 1. The van der Waals surface area contributed by atoms with E-state index in [-0.39, 0.29) is 24.0 Å². The first-order chi connectivity index (χ1) is 7.43. The van der Waals surface area contributed by atoms with Gasteiger partial charge >= 0.3 is 0 Å². The van der Waals surface area contributed by atoms with Gasteiger partial charge < -0.3 is 11.1 Å². The SMILES string of the molecule is Cc1c(NC(=O)[C@@H](C)N)cccc1[N+](=O)[O-].Cl. The highest BCUT2D eigenvalue weighted by atomic mass is 35.5. The van der Waals surface area contributed by atoms with Gasteiger partial charge in [0.2, 0.25) is 5.91 Å². The summed E-state index contributed by atoms with van der Waals surface area (Å²) in [6.45, 7) is 3.12. The highest BCUT2D eigenvalue weighted by Gasteiger charge is 2.15. The molecule has 7 heteroatoms. The van der Waals surface area contributed by atoms with Crippen LogP contribution >= 0.6 is 12.4 Å². The summed E-state index contributed by atoms with van der Waals surface area (Å²) in [5, 5.41) is 13.2. The number of hydrogen-bond donors (Lipinski definition) is 2. The van der Waals surface area contributed by atoms with Crippen LogP contribution in [0.15, 0.2) is 18.2 Å². The van der Waals surface area contributed by atoms with Crippen molar-refractivity contribution < 1.29 is 9.72 Å². The molecule has 0 aliphatic carbocycles. The smallest absolute Gasteiger partial charge is 0.274 e. The Balaban J connectivity index is 0.00000256. The highest BCUT2D eigenvalue weighted by molar-refractivity contribution is 5.95. The Bertz CT molecular complexity index is 435. The molecule has 3 N–H and O–H groups in total. The monoisotopic (exact) mass is 259 g/mol. The van der Waals surface area contributed by atoms with Crippen LogP contribution in [0.25, 0.3) is 0 Å². The maximum Gasteiger partial charge on any atom is 0.274 e. The number of anilines is 1. The summed E-state index contributed by atoms with van der Waals surface area (Å²) >= 11 is 0. The van der Waals surface area contributed by atoms with Crippen LogP contribution in [0.2, 0.25) is 0 Å². The van der Waals surface area contributed by atoms with Crippen LogP contribution in [0.1, 0.15) is 12.5 Å². The van der Waals surface area contributed by atoms with E-state index in [0.29, 0.717) is 11.3 Å². The number of nitro benzene ring substituents is 1. The van der Waals surface area contributed by atoms with Crippen LogP contribution in [-0.4, -0.2) is 16.9 Å². The third-order valence-corrected chi connectivity index (χ3v) is 2.17. The van der Waals surface area contributed by atoms with Crippen molar-refractivity contribution in [1.82, 2.24) is 0 Å². The zero-order chi connectivity index (χ0) is 12.3. The lowest BCUT2D eigenvalue weighted by molar-refractivity contribution is -0.385. The second kappa shape index (κ2) is 6.17. The van der Waals surface area contributed by atoms with Gasteiger partial charge in [-0.25, -0.2) is 0 Å². The molecule has 94 valence electrons. The molecule has 1 aromatic carbocycles. The van der Waals surface area contributed by atoms with Crippen molar-refractivity contribution in [2.45, 2.75) is 19.9 Å². The summed E-state index contributed by atoms with van der Waals surface area (Å²) in [6.07, 6.45) is 0. The maximum atomic E-state index is 11.3. The van der Waals surface area contributed by atoms with Crippen LogP contribution in [0.4, 0.5) is 11.4 Å². The Kier molecular flexibility index (Phi) is 5.57. The zero-order valence-electron chi connectivity index (χ0n) is 9.47. The van der Waals surface area contributed by atoms with Crippen molar-refractivity contribution >= 4 is 29.7 Å². The van der Waals surface area contributed by atoms with Crippen LogP contribution in [0, 0.1) is 17.0 Å². The minimum Gasteiger partial charge on any atom is -0.324 e. The van der Waals surface area contributed by atoms with E-state index in [1.807, 2.05) is 0 Å². The number of hydrogen-bond acceptors (Lipinski definition) is 4. The van der Waals surface area contributed by atoms with Crippen LogP contribution in [0.5, 0.6) is 0 Å². The summed E-state index contributed by atoms with van der Waals surface area (Å²) < 4.78 is 0. The highest BCUT2D eigenvalue weighted by Crippen LogP contribution is 2.24. The normalized spacial score (nSPS) is 11.2. The fourth-order valence-corrected chi connectivity index (χ4v) is 1.20. The molecule has 1 amide bonds. The average molecular weight is 260 g/mol. The summed E-state index contributed by atoms with van der Waals surface area (Å²) in [5.74, 6) is -0.372. The van der Waals surface area contributed by atoms with Gasteiger partial charge in [-0.1, -0.05) is 6.07 Å². The maximum absolute atomic E-state index is 11.3. The molecule has 0 unspecified atom stereocenters. The van der Waals surface area contributed by atoms with E-state index in [4.69, 9.17) is 5.73 Å². The first-order valence-electron chi connectivity index (χ1n) is 4.74. The van der Waals surface area contributed by atoms with Crippen molar-refractivity contribution in [2.75, 3.05) is 5.32 Å². The van der Waals surface area contributed by atoms with Gasteiger partial charge in [0, 0.05) is 6.07 Å². The third kappa shape index (κ3) is 3.69. The van der Waals surface area contributed by atoms with Crippen molar-refractivity contribution in [3.63, 3.8) is 0 Å². The molecule has 1 rings (SSSR count). The summed E-state index contributed by atoms with van der Waals surface area (Å²) in [6, 6.07) is 3.85. The number of nitrogens with zero attached hydrogens (tertiary/aromatic N) is 1. The molecular weight excluding hydrogens is 246 g/mol. The molecule has 0 fully saturated rings. The average Bonchev–Trinajstić information content (AvgIpc) is 2.20. The fraction of sp³-hybridized carbons (Fsp3) is 0.300. The van der Waals surface area contributed by atoms with E-state index in [1.54, 1.807) is 19.9 Å². The van der Waals surface area contributed by atoms with Crippen LogP contribution in [-0.2, 0) is 4.79 Å². The van der Waals surface area contributed by atoms with Gasteiger partial charge in [-0.2, -0.15) is 0 Å². The number of nitrogens with one attached hydrogen (secondary N) is 1. The van der Waals surface area contributed by atoms with Gasteiger partial charge in [0.05, 0.1) is 22.2 Å². The number of nitrogens with two attached hydrogens (primary N) is 1. The summed E-state index contributed by atoms with van der Waals surface area (Å²) in [5.41, 5.74) is 6.19. The van der Waals surface area contributed by atoms with E-state index < -0.39 is 11.0 Å². The first kappa shape index (κ1) is 15.3. The van der Waals surface area contributed by atoms with Gasteiger partial charge in [0.15, 0.2) is 0 Å². The van der Waals surface area contributed by atoms with E-state index in [2.05, 4.69) is 5.32 Å². The lowest BCUT2D eigenvalue weighted by Crippen LogP contribution is -2.32. The molecule has 0 aliphatic heterocycles. The molecule has 1 atom stereocenters. The van der Waals surface area contributed by atoms with Crippen molar-refractivity contribution in [3.05, 3.63) is 33.9 Å². The van der Waals surface area contributed by atoms with Gasteiger partial charge in [-0.3, -0.25) is 14.9 Å². The molecule has 0 radical (unpaired) electrons. The zero-order valence-corrected chi connectivity index (χ0v) is 10.3. The third-order valence-electron chi connectivity index (χ3n) is 2.17. The van der Waals surface area contributed by atoms with E-state index in [1.165, 1.54) is 12.1 Å². The molecule has 0 bridgehead atoms. The number of halogens is 1. The molecule has 0 heterocycles. The lowest BCUT2D eigenvalue weighted by Gasteiger charge is -2.10. The van der Waals surface area contributed by atoms with Gasteiger partial charge in [-0.05, 0) is 19.9 Å². The Morgan fingerprint density at radius 1 is 1.53 bits per heavy atom. The van der Waals surface area contributed by atoms with Gasteiger partial charge in [0.1, 0.15) is 0 Å². The van der Waals surface area contributed by atoms with E-state index in [9.17, 15) is 14.9 Å². The number of carbonyl (C=O) groups is 1. The van der Waals surface area contributed by atoms with Crippen molar-refractivity contribution in [2.24, 2.45) is 5.73 Å². The predicted molar refractivity (Wildman–Crippen MR) is 67.4 cm³/mol. The Hall–Kier alpha value is -1.66. The largest absolute Gasteiger partial charge is 0.324 e. The van der Waals surface area contributed by atoms with Gasteiger partial charge in [0.25, 0.3) is 5.69 Å². The standard InChI is InChI=1S/C10H13N3O3.ClH/c1-6-8(12-10(14)7(2)11)4-3-5-9(6)13(15)16;/h3-5,7H,11H2,1-2H3,(H,12,14);1H/t7-;/m1./s1. The molecule has 0 saturated carbocycles. The van der Waals surface area contributed by atoms with Crippen molar-refractivity contribution in [3.8, 4) is 0 Å². The molecular formula is C10H14ClN3O3. The Morgan fingerprint density at radius 2 is 2.12 bits per heavy atom. The number of rotatable bonds is 3. The van der Waals surface area contributed by atoms with Crippen molar-refractivity contribution in [1.29, 1.82) is 0 Å². The Labute approximate surface area is 105 Å². The topological polar surface area (TPSA) is 98.3 Å². The predicted octanol–water partition coefficient (Wildman–Crippen LogP) is 1.61. The second-order valence-corrected chi connectivity index (χ2v) is 3.48. The molecule has 17 heavy (non-hydrogen) atoms. The quantitative estimate of drug-likeness (QED) is 0.636. The van der Waals surface area contributed by atoms with Gasteiger partial charge in [-0.15, -0.1) is 12.4 Å². The molecule has 0 spiro atoms.